The molecule has 0 radical (unpaired) electrons. The van der Waals surface area contributed by atoms with Crippen molar-refractivity contribution < 1.29 is 4.79 Å². The van der Waals surface area contributed by atoms with Crippen LogP contribution < -0.4 is 5.32 Å². The van der Waals surface area contributed by atoms with Gasteiger partial charge in [-0.25, -0.2) is 0 Å². The van der Waals surface area contributed by atoms with Gasteiger partial charge in [-0.05, 0) is 35.1 Å². The van der Waals surface area contributed by atoms with Crippen LogP contribution in [0.25, 0.3) is 16.8 Å². The third-order valence-corrected chi connectivity index (χ3v) is 4.10. The minimum Gasteiger partial charge on any atom is -0.321 e. The molecule has 0 aliphatic rings. The average molecular weight is 326 g/mol. The van der Waals surface area contributed by atoms with Gasteiger partial charge in [0.15, 0.2) is 0 Å². The van der Waals surface area contributed by atoms with Crippen LogP contribution >= 0.6 is 0 Å². The molecular weight excluding hydrogens is 308 g/mol. The molecule has 3 rings (SSSR count). The molecule has 0 aliphatic carbocycles. The monoisotopic (exact) mass is 326 g/mol. The zero-order valence-corrected chi connectivity index (χ0v) is 14.0. The molecule has 0 heterocycles. The highest BCUT2D eigenvalue weighted by molar-refractivity contribution is 6.12. The third kappa shape index (κ3) is 3.76. The molecule has 0 aliphatic heterocycles. The molecule has 0 bridgehead atoms. The molecule has 3 nitrogen and oxygen atoms in total. The molecule has 3 heteroatoms. The average Bonchev–Trinajstić information content (AvgIpc) is 2.66. The summed E-state index contributed by atoms with van der Waals surface area (Å²) in [6.07, 6.45) is 2.57. The number of nitrogens with one attached hydrogen (secondary N) is 1. The molecule has 1 amide bonds. The van der Waals surface area contributed by atoms with E-state index in [9.17, 15) is 10.1 Å². The first-order valence-electron chi connectivity index (χ1n) is 8.21. The molecule has 3 aromatic carbocycles. The van der Waals surface area contributed by atoms with Gasteiger partial charge in [0.2, 0.25) is 0 Å². The first-order valence-corrected chi connectivity index (χ1v) is 8.21. The van der Waals surface area contributed by atoms with Crippen molar-refractivity contribution in [1.29, 1.82) is 5.26 Å². The van der Waals surface area contributed by atoms with E-state index in [-0.39, 0.29) is 5.57 Å². The molecule has 122 valence electrons. The Morgan fingerprint density at radius 3 is 2.48 bits per heavy atom. The third-order valence-electron chi connectivity index (χ3n) is 4.10. The van der Waals surface area contributed by atoms with Gasteiger partial charge in [0.05, 0.1) is 0 Å². The summed E-state index contributed by atoms with van der Waals surface area (Å²) in [5.41, 5.74) is 2.83. The Hall–Kier alpha value is -3.38. The second kappa shape index (κ2) is 7.46. The highest BCUT2D eigenvalue weighted by Crippen LogP contribution is 2.23. The Balaban J connectivity index is 1.87. The Kier molecular flexibility index (Phi) is 4.92. The largest absolute Gasteiger partial charge is 0.321 e. The highest BCUT2D eigenvalue weighted by Gasteiger charge is 2.11. The van der Waals surface area contributed by atoms with Crippen molar-refractivity contribution in [2.75, 3.05) is 5.32 Å². The lowest BCUT2D eigenvalue weighted by molar-refractivity contribution is -0.112. The fourth-order valence-corrected chi connectivity index (χ4v) is 2.69. The number of fused-ring (bicyclic) bond motifs is 1. The smallest absolute Gasteiger partial charge is 0.266 e. The van der Waals surface area contributed by atoms with Crippen LogP contribution in [-0.2, 0) is 11.2 Å². The normalized spacial score (nSPS) is 11.1. The van der Waals surface area contributed by atoms with E-state index in [4.69, 9.17) is 0 Å². The van der Waals surface area contributed by atoms with Crippen molar-refractivity contribution in [3.05, 3.63) is 83.4 Å². The number of amides is 1. The van der Waals surface area contributed by atoms with Crippen LogP contribution in [0.4, 0.5) is 5.69 Å². The van der Waals surface area contributed by atoms with E-state index in [0.717, 1.165) is 22.8 Å². The Labute approximate surface area is 147 Å². The van der Waals surface area contributed by atoms with Crippen LogP contribution in [0.1, 0.15) is 18.1 Å². The number of rotatable bonds is 4. The number of nitrogens with zero attached hydrogens (tertiary/aromatic N) is 1. The van der Waals surface area contributed by atoms with E-state index in [1.54, 1.807) is 6.08 Å². The molecule has 0 atom stereocenters. The number of hydrogen-bond donors (Lipinski definition) is 1. The zero-order valence-electron chi connectivity index (χ0n) is 14.0. The summed E-state index contributed by atoms with van der Waals surface area (Å²) in [5.74, 6) is -0.404. The first-order chi connectivity index (χ1) is 12.2. The van der Waals surface area contributed by atoms with Crippen LogP contribution in [0.5, 0.6) is 0 Å². The van der Waals surface area contributed by atoms with E-state index in [1.165, 1.54) is 5.56 Å². The maximum absolute atomic E-state index is 12.5. The Morgan fingerprint density at radius 2 is 1.76 bits per heavy atom. The summed E-state index contributed by atoms with van der Waals surface area (Å²) in [6, 6.07) is 23.4. The number of nitriles is 1. The van der Waals surface area contributed by atoms with Crippen molar-refractivity contribution in [2.24, 2.45) is 0 Å². The number of anilines is 1. The van der Waals surface area contributed by atoms with Crippen LogP contribution in [-0.4, -0.2) is 5.91 Å². The second-order valence-electron chi connectivity index (χ2n) is 5.75. The van der Waals surface area contributed by atoms with Gasteiger partial charge < -0.3 is 5.32 Å². The van der Waals surface area contributed by atoms with Gasteiger partial charge >= 0.3 is 0 Å². The Morgan fingerprint density at radius 1 is 1.04 bits per heavy atom. The summed E-state index contributed by atoms with van der Waals surface area (Å²) in [7, 11) is 0. The fourth-order valence-electron chi connectivity index (χ4n) is 2.69. The summed E-state index contributed by atoms with van der Waals surface area (Å²) in [6.45, 7) is 2.09. The maximum Gasteiger partial charge on any atom is 0.266 e. The van der Waals surface area contributed by atoms with Gasteiger partial charge in [-0.15, -0.1) is 0 Å². The number of benzene rings is 3. The summed E-state index contributed by atoms with van der Waals surface area (Å²) in [5, 5.41) is 14.2. The van der Waals surface area contributed by atoms with Gasteiger partial charge in [-0.1, -0.05) is 67.6 Å². The fraction of sp³-hybridized carbons (Fsp3) is 0.0909. The number of carbonyl (C=O) groups excluding carboxylic acids is 1. The van der Waals surface area contributed by atoms with Gasteiger partial charge in [-0.3, -0.25) is 4.79 Å². The van der Waals surface area contributed by atoms with Crippen molar-refractivity contribution in [1.82, 2.24) is 0 Å². The van der Waals surface area contributed by atoms with Gasteiger partial charge in [0.1, 0.15) is 11.6 Å². The minimum absolute atomic E-state index is 0.0807. The predicted molar refractivity (Wildman–Crippen MR) is 102 cm³/mol. The standard InChI is InChI=1S/C22H18N2O/c1-2-16-10-12-17(13-11-16)14-19(15-23)22(25)24-21-9-5-7-18-6-3-4-8-20(18)21/h3-14H,2H2,1H3,(H,24,25)/b19-14+. The molecule has 0 fully saturated rings. The van der Waals surface area contributed by atoms with E-state index in [0.29, 0.717) is 5.69 Å². The van der Waals surface area contributed by atoms with Crippen LogP contribution in [0.2, 0.25) is 0 Å². The summed E-state index contributed by atoms with van der Waals surface area (Å²) in [4.78, 5) is 12.5. The molecular formula is C22H18N2O. The van der Waals surface area contributed by atoms with E-state index >= 15 is 0 Å². The van der Waals surface area contributed by atoms with E-state index < -0.39 is 5.91 Å². The number of hydrogen-bond acceptors (Lipinski definition) is 2. The molecule has 0 saturated heterocycles. The lowest BCUT2D eigenvalue weighted by Crippen LogP contribution is -2.13. The molecule has 3 aromatic rings. The summed E-state index contributed by atoms with van der Waals surface area (Å²) >= 11 is 0. The molecule has 0 saturated carbocycles. The zero-order chi connectivity index (χ0) is 17.6. The van der Waals surface area contributed by atoms with E-state index in [1.807, 2.05) is 72.8 Å². The van der Waals surface area contributed by atoms with Gasteiger partial charge in [0.25, 0.3) is 5.91 Å². The summed E-state index contributed by atoms with van der Waals surface area (Å²) < 4.78 is 0. The molecule has 0 aromatic heterocycles. The molecule has 0 unspecified atom stereocenters. The SMILES string of the molecule is CCc1ccc(/C=C(\C#N)C(=O)Nc2cccc3ccccc23)cc1. The molecule has 25 heavy (non-hydrogen) atoms. The first kappa shape index (κ1) is 16.5. The highest BCUT2D eigenvalue weighted by atomic mass is 16.1. The maximum atomic E-state index is 12.5. The molecule has 1 N–H and O–H groups in total. The lowest BCUT2D eigenvalue weighted by atomic mass is 10.1. The second-order valence-corrected chi connectivity index (χ2v) is 5.75. The van der Waals surface area contributed by atoms with Crippen LogP contribution in [0.3, 0.4) is 0 Å². The number of aryl methyl sites for hydroxylation is 1. The number of carbonyl (C=O) groups is 1. The molecule has 0 spiro atoms. The van der Waals surface area contributed by atoms with E-state index in [2.05, 4.69) is 12.2 Å². The van der Waals surface area contributed by atoms with Gasteiger partial charge in [-0.2, -0.15) is 5.26 Å². The van der Waals surface area contributed by atoms with Crippen molar-refractivity contribution in [2.45, 2.75) is 13.3 Å². The Bertz CT molecular complexity index is 974. The minimum atomic E-state index is -0.404. The van der Waals surface area contributed by atoms with Gasteiger partial charge in [0, 0.05) is 11.1 Å². The topological polar surface area (TPSA) is 52.9 Å². The van der Waals surface area contributed by atoms with Crippen molar-refractivity contribution in [3.63, 3.8) is 0 Å². The lowest BCUT2D eigenvalue weighted by Gasteiger charge is -2.08. The predicted octanol–water partition coefficient (Wildman–Crippen LogP) is 4.95. The quantitative estimate of drug-likeness (QED) is 0.545. The van der Waals surface area contributed by atoms with Crippen LogP contribution in [0, 0.1) is 11.3 Å². The van der Waals surface area contributed by atoms with Crippen LogP contribution in [0.15, 0.2) is 72.3 Å². The van der Waals surface area contributed by atoms with Crippen molar-refractivity contribution >= 4 is 28.4 Å². The van der Waals surface area contributed by atoms with Crippen molar-refractivity contribution in [3.8, 4) is 6.07 Å².